The van der Waals surface area contributed by atoms with Crippen molar-refractivity contribution in [2.24, 2.45) is 0 Å². The zero-order chi connectivity index (χ0) is 13.4. The van der Waals surface area contributed by atoms with E-state index in [0.717, 1.165) is 33.7 Å². The summed E-state index contributed by atoms with van der Waals surface area (Å²) in [5, 5.41) is 11.6. The molecule has 3 aromatic rings. The minimum atomic E-state index is 0.294. The maximum Gasteiger partial charge on any atom is 0.231 e. The van der Waals surface area contributed by atoms with Gasteiger partial charge in [0.2, 0.25) is 6.79 Å². The second kappa shape index (κ2) is 4.45. The summed E-state index contributed by atoms with van der Waals surface area (Å²) in [6.45, 7) is 0.965. The van der Waals surface area contributed by atoms with Crippen molar-refractivity contribution in [3.8, 4) is 11.5 Å². The lowest BCUT2D eigenvalue weighted by molar-refractivity contribution is 0.173. The first kappa shape index (κ1) is 11.2. The van der Waals surface area contributed by atoms with Gasteiger partial charge < -0.3 is 14.8 Å². The Labute approximate surface area is 115 Å². The van der Waals surface area contributed by atoms with Crippen LogP contribution in [0.25, 0.3) is 10.9 Å². The van der Waals surface area contributed by atoms with E-state index in [2.05, 4.69) is 15.5 Å². The Morgan fingerprint density at radius 1 is 1.15 bits per heavy atom. The Morgan fingerprint density at radius 2 is 2.10 bits per heavy atom. The second-order valence-corrected chi connectivity index (χ2v) is 4.64. The van der Waals surface area contributed by atoms with Crippen molar-refractivity contribution < 1.29 is 9.47 Å². The summed E-state index contributed by atoms with van der Waals surface area (Å²) in [7, 11) is 0. The SMILES string of the molecule is c1cc(CNc2cccc3cn[nH]c23)c2c(c1)OCO2. The summed E-state index contributed by atoms with van der Waals surface area (Å²) in [5.74, 6) is 1.64. The molecule has 0 saturated carbocycles. The van der Waals surface area contributed by atoms with Gasteiger partial charge >= 0.3 is 0 Å². The number of anilines is 1. The van der Waals surface area contributed by atoms with E-state index in [1.165, 1.54) is 0 Å². The van der Waals surface area contributed by atoms with Crippen molar-refractivity contribution in [3.63, 3.8) is 0 Å². The number of rotatable bonds is 3. The number of H-pyrrole nitrogens is 1. The van der Waals surface area contributed by atoms with E-state index in [1.54, 1.807) is 0 Å². The minimum Gasteiger partial charge on any atom is -0.454 e. The zero-order valence-corrected chi connectivity index (χ0v) is 10.7. The summed E-state index contributed by atoms with van der Waals surface area (Å²) in [5.41, 5.74) is 3.12. The molecule has 0 bridgehead atoms. The number of ether oxygens (including phenoxy) is 2. The molecule has 2 heterocycles. The Bertz CT molecular complexity index is 767. The molecule has 5 heteroatoms. The number of nitrogens with one attached hydrogen (secondary N) is 2. The zero-order valence-electron chi connectivity index (χ0n) is 10.7. The number of fused-ring (bicyclic) bond motifs is 2. The van der Waals surface area contributed by atoms with Crippen molar-refractivity contribution in [3.05, 3.63) is 48.2 Å². The lowest BCUT2D eigenvalue weighted by atomic mass is 10.1. The molecule has 2 N–H and O–H groups in total. The van der Waals surface area contributed by atoms with E-state index < -0.39 is 0 Å². The highest BCUT2D eigenvalue weighted by Crippen LogP contribution is 2.35. The summed E-state index contributed by atoms with van der Waals surface area (Å²) < 4.78 is 10.9. The molecule has 0 atom stereocenters. The lowest BCUT2D eigenvalue weighted by Crippen LogP contribution is -2.01. The Kier molecular flexibility index (Phi) is 2.48. The molecule has 5 nitrogen and oxygen atoms in total. The molecule has 20 heavy (non-hydrogen) atoms. The van der Waals surface area contributed by atoms with Crippen LogP contribution in [-0.4, -0.2) is 17.0 Å². The fourth-order valence-corrected chi connectivity index (χ4v) is 2.44. The Hall–Kier alpha value is -2.69. The highest BCUT2D eigenvalue weighted by atomic mass is 16.7. The molecule has 4 rings (SSSR count). The van der Waals surface area contributed by atoms with Gasteiger partial charge in [-0.2, -0.15) is 5.10 Å². The molecule has 0 aliphatic carbocycles. The quantitative estimate of drug-likeness (QED) is 0.766. The van der Waals surface area contributed by atoms with E-state index in [9.17, 15) is 0 Å². The maximum absolute atomic E-state index is 5.51. The molecule has 2 aromatic carbocycles. The molecule has 1 aliphatic rings. The molecular weight excluding hydrogens is 254 g/mol. The van der Waals surface area contributed by atoms with Gasteiger partial charge in [-0.25, -0.2) is 0 Å². The van der Waals surface area contributed by atoms with Gasteiger partial charge in [0.1, 0.15) is 0 Å². The number of benzene rings is 2. The van der Waals surface area contributed by atoms with Crippen LogP contribution in [0.2, 0.25) is 0 Å². The van der Waals surface area contributed by atoms with Crippen LogP contribution in [0.3, 0.4) is 0 Å². The van der Waals surface area contributed by atoms with Gasteiger partial charge in [-0.1, -0.05) is 24.3 Å². The van der Waals surface area contributed by atoms with Crippen LogP contribution < -0.4 is 14.8 Å². The van der Waals surface area contributed by atoms with Crippen LogP contribution in [0.4, 0.5) is 5.69 Å². The minimum absolute atomic E-state index is 0.294. The van der Waals surface area contributed by atoms with Gasteiger partial charge in [0.25, 0.3) is 0 Å². The van der Waals surface area contributed by atoms with Gasteiger partial charge in [0.15, 0.2) is 11.5 Å². The predicted molar refractivity (Wildman–Crippen MR) is 76.0 cm³/mol. The fourth-order valence-electron chi connectivity index (χ4n) is 2.44. The van der Waals surface area contributed by atoms with Gasteiger partial charge in [-0.3, -0.25) is 5.10 Å². The topological polar surface area (TPSA) is 59.2 Å². The van der Waals surface area contributed by atoms with Gasteiger partial charge in [0, 0.05) is 17.5 Å². The summed E-state index contributed by atoms with van der Waals surface area (Å²) >= 11 is 0. The molecule has 0 spiro atoms. The van der Waals surface area contributed by atoms with Crippen molar-refractivity contribution in [2.45, 2.75) is 6.54 Å². The third-order valence-corrected chi connectivity index (χ3v) is 3.42. The molecule has 0 amide bonds. The molecule has 0 fully saturated rings. The van der Waals surface area contributed by atoms with Crippen molar-refractivity contribution in [1.82, 2.24) is 10.2 Å². The summed E-state index contributed by atoms with van der Waals surface area (Å²) in [4.78, 5) is 0. The molecule has 1 aliphatic heterocycles. The predicted octanol–water partition coefficient (Wildman–Crippen LogP) is 2.90. The first-order chi connectivity index (χ1) is 9.92. The first-order valence-electron chi connectivity index (χ1n) is 6.45. The molecule has 0 radical (unpaired) electrons. The van der Waals surface area contributed by atoms with Crippen molar-refractivity contribution in [1.29, 1.82) is 0 Å². The second-order valence-electron chi connectivity index (χ2n) is 4.64. The van der Waals surface area contributed by atoms with E-state index in [-0.39, 0.29) is 0 Å². The monoisotopic (exact) mass is 267 g/mol. The number of aromatic amines is 1. The van der Waals surface area contributed by atoms with E-state index in [0.29, 0.717) is 13.3 Å². The highest BCUT2D eigenvalue weighted by molar-refractivity contribution is 5.89. The van der Waals surface area contributed by atoms with Crippen LogP contribution in [0.5, 0.6) is 11.5 Å². The first-order valence-corrected chi connectivity index (χ1v) is 6.45. The smallest absolute Gasteiger partial charge is 0.231 e. The van der Waals surface area contributed by atoms with Crippen LogP contribution >= 0.6 is 0 Å². The fraction of sp³-hybridized carbons (Fsp3) is 0.133. The average molecular weight is 267 g/mol. The van der Waals surface area contributed by atoms with Crippen LogP contribution in [0.15, 0.2) is 42.6 Å². The van der Waals surface area contributed by atoms with Gasteiger partial charge in [-0.15, -0.1) is 0 Å². The normalized spacial score (nSPS) is 12.8. The standard InChI is InChI=1S/C15H13N3O2/c1-3-10-8-17-18-14(10)12(5-1)16-7-11-4-2-6-13-15(11)20-9-19-13/h1-6,8,16H,7,9H2,(H,17,18). The lowest BCUT2D eigenvalue weighted by Gasteiger charge is -2.09. The average Bonchev–Trinajstić information content (AvgIpc) is 3.13. The largest absolute Gasteiger partial charge is 0.454 e. The number of hydrogen-bond donors (Lipinski definition) is 2. The van der Waals surface area contributed by atoms with Gasteiger partial charge in [-0.05, 0) is 12.1 Å². The number of nitrogens with zero attached hydrogens (tertiary/aromatic N) is 1. The van der Waals surface area contributed by atoms with Gasteiger partial charge in [0.05, 0.1) is 17.4 Å². The molecule has 0 saturated heterocycles. The van der Waals surface area contributed by atoms with Crippen LogP contribution in [0.1, 0.15) is 5.56 Å². The van der Waals surface area contributed by atoms with Crippen LogP contribution in [-0.2, 0) is 6.54 Å². The maximum atomic E-state index is 5.51. The van der Waals surface area contributed by atoms with Crippen LogP contribution in [0, 0.1) is 0 Å². The molecule has 0 unspecified atom stereocenters. The van der Waals surface area contributed by atoms with E-state index >= 15 is 0 Å². The summed E-state index contributed by atoms with van der Waals surface area (Å²) in [6.07, 6.45) is 1.82. The third-order valence-electron chi connectivity index (χ3n) is 3.42. The molecular formula is C15H13N3O2. The Morgan fingerprint density at radius 3 is 3.10 bits per heavy atom. The molecule has 100 valence electrons. The highest BCUT2D eigenvalue weighted by Gasteiger charge is 2.16. The third kappa shape index (κ3) is 1.75. The molecule has 1 aromatic heterocycles. The number of aromatic nitrogens is 2. The summed E-state index contributed by atoms with van der Waals surface area (Å²) in [6, 6.07) is 12.0. The van der Waals surface area contributed by atoms with Crippen molar-refractivity contribution in [2.75, 3.05) is 12.1 Å². The number of hydrogen-bond acceptors (Lipinski definition) is 4. The van der Waals surface area contributed by atoms with Crippen molar-refractivity contribution >= 4 is 16.6 Å². The van der Waals surface area contributed by atoms with E-state index in [1.807, 2.05) is 42.6 Å². The van der Waals surface area contributed by atoms with E-state index in [4.69, 9.17) is 9.47 Å². The number of para-hydroxylation sites is 2. The Balaban J connectivity index is 1.62.